The van der Waals surface area contributed by atoms with Crippen molar-refractivity contribution in [2.45, 2.75) is 19.3 Å². The van der Waals surface area contributed by atoms with Crippen LogP contribution in [0.3, 0.4) is 0 Å². The van der Waals surface area contributed by atoms with Crippen LogP contribution in [-0.4, -0.2) is 36.3 Å². The van der Waals surface area contributed by atoms with Crippen molar-refractivity contribution in [2.75, 3.05) is 25.4 Å². The molecule has 1 aromatic rings. The van der Waals surface area contributed by atoms with Gasteiger partial charge in [-0.2, -0.15) is 0 Å². The average Bonchev–Trinajstić information content (AvgIpc) is 2.95. The summed E-state index contributed by atoms with van der Waals surface area (Å²) in [4.78, 5) is 25.7. The molecule has 5 nitrogen and oxygen atoms in total. The van der Waals surface area contributed by atoms with Gasteiger partial charge in [0, 0.05) is 36.2 Å². The highest BCUT2D eigenvalue weighted by molar-refractivity contribution is 9.10. The monoisotopic (exact) mass is 339 g/mol. The van der Waals surface area contributed by atoms with Crippen LogP contribution in [0.5, 0.6) is 0 Å². The summed E-state index contributed by atoms with van der Waals surface area (Å²) in [6.45, 7) is 2.02. The van der Waals surface area contributed by atoms with E-state index in [4.69, 9.17) is 5.73 Å². The lowest BCUT2D eigenvalue weighted by Gasteiger charge is -2.15. The molecule has 108 valence electrons. The second-order valence-electron chi connectivity index (χ2n) is 4.83. The van der Waals surface area contributed by atoms with E-state index in [-0.39, 0.29) is 11.8 Å². The van der Waals surface area contributed by atoms with Crippen molar-refractivity contribution < 1.29 is 9.59 Å². The fourth-order valence-electron chi connectivity index (χ4n) is 2.22. The van der Waals surface area contributed by atoms with Gasteiger partial charge in [0.25, 0.3) is 5.91 Å². The molecule has 2 rings (SSSR count). The number of benzene rings is 1. The fourth-order valence-corrected chi connectivity index (χ4v) is 2.65. The molecule has 1 aromatic carbocycles. The van der Waals surface area contributed by atoms with E-state index in [2.05, 4.69) is 21.2 Å². The Morgan fingerprint density at radius 2 is 2.00 bits per heavy atom. The topological polar surface area (TPSA) is 75.4 Å². The van der Waals surface area contributed by atoms with Gasteiger partial charge in [0.05, 0.1) is 5.56 Å². The van der Waals surface area contributed by atoms with Gasteiger partial charge in [0.15, 0.2) is 0 Å². The Bertz CT molecular complexity index is 513. The molecule has 20 heavy (non-hydrogen) atoms. The van der Waals surface area contributed by atoms with Crippen molar-refractivity contribution >= 4 is 33.4 Å². The number of halogens is 1. The first-order valence-electron chi connectivity index (χ1n) is 6.69. The van der Waals surface area contributed by atoms with E-state index in [9.17, 15) is 9.59 Å². The molecular weight excluding hydrogens is 322 g/mol. The molecule has 0 aliphatic carbocycles. The summed E-state index contributed by atoms with van der Waals surface area (Å²) in [7, 11) is 0. The fraction of sp³-hybridized carbons (Fsp3) is 0.429. The number of nitrogens with zero attached hydrogens (tertiary/aromatic N) is 1. The number of carbonyl (C=O) groups excluding carboxylic acids is 2. The molecule has 2 amide bonds. The van der Waals surface area contributed by atoms with Gasteiger partial charge in [-0.15, -0.1) is 0 Å². The predicted octanol–water partition coefficient (Wildman–Crippen LogP) is 1.77. The van der Waals surface area contributed by atoms with E-state index in [1.54, 1.807) is 18.2 Å². The highest BCUT2D eigenvalue weighted by Gasteiger charge is 2.17. The number of hydrogen-bond acceptors (Lipinski definition) is 3. The van der Waals surface area contributed by atoms with E-state index in [1.807, 2.05) is 4.90 Å². The van der Waals surface area contributed by atoms with Crippen LogP contribution in [-0.2, 0) is 4.79 Å². The minimum Gasteiger partial charge on any atom is -0.399 e. The van der Waals surface area contributed by atoms with Crippen LogP contribution in [0.15, 0.2) is 22.7 Å². The van der Waals surface area contributed by atoms with Crippen molar-refractivity contribution in [1.82, 2.24) is 10.2 Å². The number of amides is 2. The first-order valence-corrected chi connectivity index (χ1v) is 7.48. The number of nitrogens with two attached hydrogens (primary N) is 1. The molecule has 1 heterocycles. The highest BCUT2D eigenvalue weighted by atomic mass is 79.9. The number of nitrogen functional groups attached to an aromatic ring is 1. The number of carbonyl (C=O) groups is 2. The zero-order valence-corrected chi connectivity index (χ0v) is 12.8. The Hall–Kier alpha value is -1.56. The SMILES string of the molecule is Nc1ccc(Br)c(C(=O)NCCC(=O)N2CCCC2)c1. The Labute approximate surface area is 126 Å². The van der Waals surface area contributed by atoms with Crippen molar-refractivity contribution in [3.63, 3.8) is 0 Å². The van der Waals surface area contributed by atoms with Gasteiger partial charge in [0.1, 0.15) is 0 Å². The molecule has 1 aliphatic rings. The number of rotatable bonds is 4. The van der Waals surface area contributed by atoms with Gasteiger partial charge in [-0.1, -0.05) is 0 Å². The quantitative estimate of drug-likeness (QED) is 0.821. The molecule has 6 heteroatoms. The largest absolute Gasteiger partial charge is 0.399 e. The molecule has 1 saturated heterocycles. The lowest BCUT2D eigenvalue weighted by atomic mass is 10.2. The maximum absolute atomic E-state index is 12.0. The third kappa shape index (κ3) is 3.72. The third-order valence-electron chi connectivity index (χ3n) is 3.32. The molecule has 0 bridgehead atoms. The number of anilines is 1. The van der Waals surface area contributed by atoms with Gasteiger partial charge in [0.2, 0.25) is 5.91 Å². The van der Waals surface area contributed by atoms with Gasteiger partial charge in [-0.25, -0.2) is 0 Å². The third-order valence-corrected chi connectivity index (χ3v) is 4.01. The molecule has 0 radical (unpaired) electrons. The van der Waals surface area contributed by atoms with Crippen LogP contribution >= 0.6 is 15.9 Å². The number of nitrogens with one attached hydrogen (secondary N) is 1. The van der Waals surface area contributed by atoms with Crippen molar-refractivity contribution in [2.24, 2.45) is 0 Å². The first-order chi connectivity index (χ1) is 9.58. The Balaban J connectivity index is 1.83. The van der Waals surface area contributed by atoms with Crippen LogP contribution < -0.4 is 11.1 Å². The van der Waals surface area contributed by atoms with Crippen LogP contribution in [0.1, 0.15) is 29.6 Å². The van der Waals surface area contributed by atoms with Crippen molar-refractivity contribution in [3.05, 3.63) is 28.2 Å². The van der Waals surface area contributed by atoms with Gasteiger partial charge >= 0.3 is 0 Å². The molecular formula is C14H18BrN3O2. The minimum absolute atomic E-state index is 0.106. The Morgan fingerprint density at radius 3 is 2.70 bits per heavy atom. The van der Waals surface area contributed by atoms with E-state index in [1.165, 1.54) is 0 Å². The lowest BCUT2D eigenvalue weighted by molar-refractivity contribution is -0.129. The van der Waals surface area contributed by atoms with E-state index < -0.39 is 0 Å². The summed E-state index contributed by atoms with van der Waals surface area (Å²) in [5.74, 6) is -0.118. The van der Waals surface area contributed by atoms with Gasteiger partial charge in [-0.3, -0.25) is 9.59 Å². The second-order valence-corrected chi connectivity index (χ2v) is 5.69. The molecule has 0 unspecified atom stereocenters. The van der Waals surface area contributed by atoms with E-state index in [0.29, 0.717) is 28.7 Å². The summed E-state index contributed by atoms with van der Waals surface area (Å²) in [5, 5.41) is 2.75. The van der Waals surface area contributed by atoms with Crippen LogP contribution in [0.4, 0.5) is 5.69 Å². The average molecular weight is 340 g/mol. The molecule has 3 N–H and O–H groups in total. The summed E-state index contributed by atoms with van der Waals surface area (Å²) < 4.78 is 0.690. The Morgan fingerprint density at radius 1 is 1.30 bits per heavy atom. The maximum atomic E-state index is 12.0. The molecule has 1 aliphatic heterocycles. The van der Waals surface area contributed by atoms with Gasteiger partial charge in [-0.05, 0) is 47.0 Å². The van der Waals surface area contributed by atoms with Crippen LogP contribution in [0, 0.1) is 0 Å². The second kappa shape index (κ2) is 6.74. The number of hydrogen-bond donors (Lipinski definition) is 2. The molecule has 0 spiro atoms. The zero-order valence-electron chi connectivity index (χ0n) is 11.2. The predicted molar refractivity (Wildman–Crippen MR) is 81.3 cm³/mol. The smallest absolute Gasteiger partial charge is 0.252 e. The van der Waals surface area contributed by atoms with Crippen LogP contribution in [0.25, 0.3) is 0 Å². The lowest BCUT2D eigenvalue weighted by Crippen LogP contribution is -2.32. The van der Waals surface area contributed by atoms with Crippen molar-refractivity contribution in [1.29, 1.82) is 0 Å². The molecule has 0 aromatic heterocycles. The van der Waals surface area contributed by atoms with Crippen molar-refractivity contribution in [3.8, 4) is 0 Å². The summed E-state index contributed by atoms with van der Waals surface area (Å²) in [6.07, 6.45) is 2.49. The summed E-state index contributed by atoms with van der Waals surface area (Å²) >= 11 is 3.31. The maximum Gasteiger partial charge on any atom is 0.252 e. The first kappa shape index (κ1) is 14.8. The summed E-state index contributed by atoms with van der Waals surface area (Å²) in [6, 6.07) is 5.07. The zero-order chi connectivity index (χ0) is 14.5. The molecule has 0 atom stereocenters. The number of likely N-dealkylation sites (tertiary alicyclic amines) is 1. The van der Waals surface area contributed by atoms with E-state index >= 15 is 0 Å². The van der Waals surface area contributed by atoms with Crippen LogP contribution in [0.2, 0.25) is 0 Å². The molecule has 0 saturated carbocycles. The summed E-state index contributed by atoms with van der Waals surface area (Å²) in [5.41, 5.74) is 6.68. The van der Waals surface area contributed by atoms with E-state index in [0.717, 1.165) is 25.9 Å². The standard InChI is InChI=1S/C14H18BrN3O2/c15-12-4-3-10(16)9-11(12)14(20)17-6-5-13(19)18-7-1-2-8-18/h3-4,9H,1-2,5-8,16H2,(H,17,20). The van der Waals surface area contributed by atoms with Gasteiger partial charge < -0.3 is 16.0 Å². The minimum atomic E-state index is -0.224. The molecule has 1 fully saturated rings. The highest BCUT2D eigenvalue weighted by Crippen LogP contribution is 2.19. The Kier molecular flexibility index (Phi) is 5.00. The normalized spacial score (nSPS) is 14.3.